The highest BCUT2D eigenvalue weighted by Crippen LogP contribution is 2.15. The molecular weight excluding hydrogens is 307 g/mol. The van der Waals surface area contributed by atoms with Gasteiger partial charge in [0.25, 0.3) is 0 Å². The zero-order valence-electron chi connectivity index (χ0n) is 13.9. The van der Waals surface area contributed by atoms with E-state index in [1.807, 2.05) is 13.1 Å². The molecule has 2 heterocycles. The van der Waals surface area contributed by atoms with Crippen molar-refractivity contribution in [2.75, 3.05) is 13.1 Å². The quantitative estimate of drug-likeness (QED) is 0.855. The predicted octanol–water partition coefficient (Wildman–Crippen LogP) is 2.33. The van der Waals surface area contributed by atoms with Crippen LogP contribution in [0.2, 0.25) is 0 Å². The number of amides is 1. The second kappa shape index (κ2) is 7.57. The van der Waals surface area contributed by atoms with Gasteiger partial charge in [-0.05, 0) is 63.0 Å². The van der Waals surface area contributed by atoms with E-state index in [2.05, 4.69) is 15.7 Å². The van der Waals surface area contributed by atoms with Gasteiger partial charge in [-0.15, -0.1) is 0 Å². The Morgan fingerprint density at radius 1 is 1.42 bits per heavy atom. The minimum atomic E-state index is -0.271. The fraction of sp³-hybridized carbons (Fsp3) is 0.444. The number of nitrogens with one attached hydrogen (secondary N) is 2. The smallest absolute Gasteiger partial charge is 0.220 e. The fourth-order valence-electron chi connectivity index (χ4n) is 2.97. The zero-order chi connectivity index (χ0) is 16.9. The fourth-order valence-corrected chi connectivity index (χ4v) is 2.97. The second-order valence-corrected chi connectivity index (χ2v) is 6.33. The highest BCUT2D eigenvalue weighted by molar-refractivity contribution is 5.75. The van der Waals surface area contributed by atoms with Gasteiger partial charge >= 0.3 is 0 Å². The van der Waals surface area contributed by atoms with Gasteiger partial charge in [0.1, 0.15) is 5.82 Å². The summed E-state index contributed by atoms with van der Waals surface area (Å²) in [7, 11) is 0. The Kier molecular flexibility index (Phi) is 5.25. The molecule has 128 valence electrons. The van der Waals surface area contributed by atoms with Crippen LogP contribution >= 0.6 is 0 Å². The van der Waals surface area contributed by atoms with Crippen LogP contribution in [0.15, 0.2) is 30.5 Å². The van der Waals surface area contributed by atoms with E-state index in [0.717, 1.165) is 42.9 Å². The van der Waals surface area contributed by atoms with Crippen molar-refractivity contribution >= 4 is 5.91 Å². The molecule has 2 aromatic rings. The zero-order valence-corrected chi connectivity index (χ0v) is 13.9. The number of hydrogen-bond acceptors (Lipinski definition) is 3. The summed E-state index contributed by atoms with van der Waals surface area (Å²) in [5.74, 6) is 0.433. The van der Waals surface area contributed by atoms with E-state index in [1.54, 1.807) is 16.8 Å². The van der Waals surface area contributed by atoms with Crippen molar-refractivity contribution in [2.45, 2.75) is 32.7 Å². The maximum Gasteiger partial charge on any atom is 0.220 e. The lowest BCUT2D eigenvalue weighted by Gasteiger charge is -2.08. The molecule has 1 unspecified atom stereocenters. The van der Waals surface area contributed by atoms with Crippen molar-refractivity contribution in [1.29, 1.82) is 0 Å². The van der Waals surface area contributed by atoms with Gasteiger partial charge < -0.3 is 10.6 Å². The van der Waals surface area contributed by atoms with E-state index in [1.165, 1.54) is 12.1 Å². The molecule has 0 bridgehead atoms. The third-order valence-corrected chi connectivity index (χ3v) is 4.51. The Labute approximate surface area is 141 Å². The van der Waals surface area contributed by atoms with Gasteiger partial charge in [0.2, 0.25) is 5.91 Å². The summed E-state index contributed by atoms with van der Waals surface area (Å²) >= 11 is 0. The molecule has 1 aromatic heterocycles. The van der Waals surface area contributed by atoms with Crippen LogP contribution in [0.4, 0.5) is 4.39 Å². The SMILES string of the molecule is Cc1nn(-c2ccc(F)cc2)cc1CNC(=O)CCC1CCNC1. The van der Waals surface area contributed by atoms with E-state index >= 15 is 0 Å². The first-order valence-corrected chi connectivity index (χ1v) is 8.40. The lowest BCUT2D eigenvalue weighted by Crippen LogP contribution is -2.23. The Morgan fingerprint density at radius 3 is 2.92 bits per heavy atom. The lowest BCUT2D eigenvalue weighted by atomic mass is 10.0. The first kappa shape index (κ1) is 16.6. The molecule has 1 aliphatic rings. The molecule has 0 aliphatic carbocycles. The molecule has 0 radical (unpaired) electrons. The highest BCUT2D eigenvalue weighted by Gasteiger charge is 2.16. The van der Waals surface area contributed by atoms with Gasteiger partial charge in [0, 0.05) is 24.7 Å². The number of rotatable bonds is 6. The van der Waals surface area contributed by atoms with Crippen LogP contribution in [-0.4, -0.2) is 28.8 Å². The summed E-state index contributed by atoms with van der Waals surface area (Å²) < 4.78 is 14.7. The van der Waals surface area contributed by atoms with Crippen LogP contribution in [-0.2, 0) is 11.3 Å². The molecule has 2 N–H and O–H groups in total. The number of aryl methyl sites for hydroxylation is 1. The molecule has 1 aliphatic heterocycles. The summed E-state index contributed by atoms with van der Waals surface area (Å²) in [5.41, 5.74) is 2.63. The van der Waals surface area contributed by atoms with Crippen molar-refractivity contribution in [3.05, 3.63) is 47.5 Å². The van der Waals surface area contributed by atoms with Gasteiger partial charge in [0.05, 0.1) is 11.4 Å². The van der Waals surface area contributed by atoms with Crippen LogP contribution in [0.3, 0.4) is 0 Å². The van der Waals surface area contributed by atoms with Crippen molar-refractivity contribution in [1.82, 2.24) is 20.4 Å². The average Bonchev–Trinajstić information content (AvgIpc) is 3.21. The molecule has 3 rings (SSSR count). The number of aromatic nitrogens is 2. The molecule has 1 atom stereocenters. The number of carbonyl (C=O) groups excluding carboxylic acids is 1. The third-order valence-electron chi connectivity index (χ3n) is 4.51. The molecule has 1 amide bonds. The third kappa shape index (κ3) is 4.20. The minimum absolute atomic E-state index is 0.0795. The first-order valence-electron chi connectivity index (χ1n) is 8.40. The number of halogens is 1. The summed E-state index contributed by atoms with van der Waals surface area (Å²) in [4.78, 5) is 12.0. The molecule has 6 heteroatoms. The van der Waals surface area contributed by atoms with Crippen LogP contribution in [0.5, 0.6) is 0 Å². The minimum Gasteiger partial charge on any atom is -0.352 e. The Hall–Kier alpha value is -2.21. The molecule has 1 saturated heterocycles. The molecule has 24 heavy (non-hydrogen) atoms. The largest absolute Gasteiger partial charge is 0.352 e. The first-order chi connectivity index (χ1) is 11.6. The van der Waals surface area contributed by atoms with E-state index in [4.69, 9.17) is 0 Å². The molecule has 1 aromatic carbocycles. The van der Waals surface area contributed by atoms with Crippen LogP contribution in [0.1, 0.15) is 30.5 Å². The molecule has 1 fully saturated rings. The summed E-state index contributed by atoms with van der Waals surface area (Å²) in [6, 6.07) is 6.18. The van der Waals surface area contributed by atoms with Gasteiger partial charge in [-0.3, -0.25) is 4.79 Å². The van der Waals surface area contributed by atoms with E-state index in [-0.39, 0.29) is 11.7 Å². The highest BCUT2D eigenvalue weighted by atomic mass is 19.1. The Balaban J connectivity index is 1.53. The number of nitrogens with zero attached hydrogens (tertiary/aromatic N) is 2. The normalized spacial score (nSPS) is 17.2. The standard InChI is InChI=1S/C18H23FN4O/c1-13-15(11-21-18(24)7-2-14-8-9-20-10-14)12-23(22-13)17-5-3-16(19)4-6-17/h3-6,12,14,20H,2,7-11H2,1H3,(H,21,24). The number of carbonyl (C=O) groups is 1. The van der Waals surface area contributed by atoms with E-state index < -0.39 is 0 Å². The summed E-state index contributed by atoms with van der Waals surface area (Å²) in [6.45, 7) is 4.46. The van der Waals surface area contributed by atoms with Crippen LogP contribution in [0.25, 0.3) is 5.69 Å². The summed E-state index contributed by atoms with van der Waals surface area (Å²) in [5, 5.41) is 10.7. The van der Waals surface area contributed by atoms with E-state index in [0.29, 0.717) is 18.9 Å². The second-order valence-electron chi connectivity index (χ2n) is 6.33. The van der Waals surface area contributed by atoms with Gasteiger partial charge in [0.15, 0.2) is 0 Å². The van der Waals surface area contributed by atoms with Crippen LogP contribution in [0, 0.1) is 18.7 Å². The molecule has 0 spiro atoms. The number of hydrogen-bond donors (Lipinski definition) is 2. The van der Waals surface area contributed by atoms with Crippen LogP contribution < -0.4 is 10.6 Å². The maximum absolute atomic E-state index is 13.0. The van der Waals surface area contributed by atoms with Gasteiger partial charge in [-0.25, -0.2) is 9.07 Å². The van der Waals surface area contributed by atoms with Gasteiger partial charge in [-0.1, -0.05) is 0 Å². The lowest BCUT2D eigenvalue weighted by molar-refractivity contribution is -0.121. The van der Waals surface area contributed by atoms with Crippen molar-refractivity contribution in [3.8, 4) is 5.69 Å². The Bertz CT molecular complexity index is 690. The molecular formula is C18H23FN4O. The molecule has 0 saturated carbocycles. The topological polar surface area (TPSA) is 59.0 Å². The van der Waals surface area contributed by atoms with Crippen molar-refractivity contribution < 1.29 is 9.18 Å². The molecule has 5 nitrogen and oxygen atoms in total. The number of benzene rings is 1. The maximum atomic E-state index is 13.0. The van der Waals surface area contributed by atoms with Crippen molar-refractivity contribution in [3.63, 3.8) is 0 Å². The summed E-state index contributed by atoms with van der Waals surface area (Å²) in [6.07, 6.45) is 4.55. The Morgan fingerprint density at radius 2 is 2.21 bits per heavy atom. The average molecular weight is 330 g/mol. The van der Waals surface area contributed by atoms with Crippen molar-refractivity contribution in [2.24, 2.45) is 5.92 Å². The van der Waals surface area contributed by atoms with Gasteiger partial charge in [-0.2, -0.15) is 5.10 Å². The predicted molar refractivity (Wildman–Crippen MR) is 90.3 cm³/mol. The monoisotopic (exact) mass is 330 g/mol. The van der Waals surface area contributed by atoms with E-state index in [9.17, 15) is 9.18 Å².